The van der Waals surface area contributed by atoms with E-state index in [1.807, 2.05) is 0 Å². The zero-order valence-corrected chi connectivity index (χ0v) is 9.68. The van der Waals surface area contributed by atoms with Crippen molar-refractivity contribution in [1.29, 1.82) is 0 Å². The van der Waals surface area contributed by atoms with Gasteiger partial charge in [-0.15, -0.1) is 0 Å². The molecule has 0 atom stereocenters. The molecular formula is H2CoMoPbS. The maximum atomic E-state index is 0. The number of hydrogen-bond donors (Lipinski definition) is 0. The fourth-order valence-corrected chi connectivity index (χ4v) is 0. The Hall–Kier alpha value is 2.47. The molecule has 0 saturated heterocycles. The predicted octanol–water partition coefficient (Wildman–Crippen LogP) is -0.273. The summed E-state index contributed by atoms with van der Waals surface area (Å²) in [5.41, 5.74) is 0. The van der Waals surface area contributed by atoms with E-state index in [1.165, 1.54) is 0 Å². The standard InChI is InChI=1S/Co.Mo.Pb.H2S/h;;;1H2. The van der Waals surface area contributed by atoms with Crippen LogP contribution < -0.4 is 0 Å². The van der Waals surface area contributed by atoms with E-state index < -0.39 is 0 Å². The normalized spacial score (nSPS) is 0. The third-order valence-corrected chi connectivity index (χ3v) is 0. The molecule has 0 spiro atoms. The van der Waals surface area contributed by atoms with Gasteiger partial charge >= 0.3 is 0 Å². The van der Waals surface area contributed by atoms with Crippen LogP contribution in [0.4, 0.5) is 0 Å². The molecule has 0 aliphatic heterocycles. The summed E-state index contributed by atoms with van der Waals surface area (Å²) in [4.78, 5) is 0. The van der Waals surface area contributed by atoms with E-state index in [9.17, 15) is 0 Å². The summed E-state index contributed by atoms with van der Waals surface area (Å²) in [6, 6.07) is 0. The van der Waals surface area contributed by atoms with Crippen molar-refractivity contribution in [2.24, 2.45) is 0 Å². The van der Waals surface area contributed by atoms with Gasteiger partial charge in [-0.05, 0) is 0 Å². The summed E-state index contributed by atoms with van der Waals surface area (Å²) in [7, 11) is 0. The van der Waals surface area contributed by atoms with Crippen LogP contribution in [-0.4, -0.2) is 27.3 Å². The molecule has 0 aliphatic rings. The maximum absolute atomic E-state index is 0. The van der Waals surface area contributed by atoms with Gasteiger partial charge in [0, 0.05) is 65.1 Å². The van der Waals surface area contributed by atoms with Crippen LogP contribution in [0.1, 0.15) is 0 Å². The second-order valence-electron chi connectivity index (χ2n) is 0. The molecule has 0 amide bonds. The number of rotatable bonds is 0. The third kappa shape index (κ3) is 8.82. The molecule has 0 rings (SSSR count). The summed E-state index contributed by atoms with van der Waals surface area (Å²) in [6.07, 6.45) is 0. The van der Waals surface area contributed by atoms with E-state index in [1.54, 1.807) is 0 Å². The van der Waals surface area contributed by atoms with Gasteiger partial charge in [-0.2, -0.15) is 13.5 Å². The Morgan fingerprint density at radius 3 is 1.00 bits per heavy atom. The topological polar surface area (TPSA) is 0 Å². The first kappa shape index (κ1) is 31.8. The molecule has 5 radical (unpaired) electrons. The summed E-state index contributed by atoms with van der Waals surface area (Å²) < 4.78 is 0. The van der Waals surface area contributed by atoms with Gasteiger partial charge in [-0.25, -0.2) is 0 Å². The van der Waals surface area contributed by atoms with Crippen molar-refractivity contribution < 1.29 is 37.8 Å². The zero-order valence-electron chi connectivity index (χ0n) is 1.74. The van der Waals surface area contributed by atoms with Gasteiger partial charge in [-0.1, -0.05) is 0 Å². The Kier molecular flexibility index (Phi) is 142. The molecule has 0 heterocycles. The fourth-order valence-electron chi connectivity index (χ4n) is 0. The van der Waals surface area contributed by atoms with E-state index in [-0.39, 0.29) is 78.6 Å². The van der Waals surface area contributed by atoms with E-state index in [0.29, 0.717) is 0 Å². The summed E-state index contributed by atoms with van der Waals surface area (Å²) in [5.74, 6) is 0. The number of hydrogen-bond acceptors (Lipinski definition) is 0. The molecule has 4 heteroatoms. The van der Waals surface area contributed by atoms with Gasteiger partial charge in [0.2, 0.25) is 0 Å². The van der Waals surface area contributed by atoms with Crippen molar-refractivity contribution in [3.63, 3.8) is 0 Å². The molecule has 27 valence electrons. The maximum Gasteiger partial charge on any atom is 0 e. The van der Waals surface area contributed by atoms with Crippen LogP contribution in [0.25, 0.3) is 0 Å². The van der Waals surface area contributed by atoms with Crippen molar-refractivity contribution in [3.8, 4) is 0 Å². The summed E-state index contributed by atoms with van der Waals surface area (Å²) >= 11 is 0. The summed E-state index contributed by atoms with van der Waals surface area (Å²) in [5, 5.41) is 0. The molecule has 0 aromatic heterocycles. The van der Waals surface area contributed by atoms with Crippen LogP contribution >= 0.6 is 13.5 Å². The first-order valence-electron chi connectivity index (χ1n) is 0. The predicted molar refractivity (Wildman–Crippen MR) is 16.1 cm³/mol. The summed E-state index contributed by atoms with van der Waals surface area (Å²) in [6.45, 7) is 0. The van der Waals surface area contributed by atoms with Crippen molar-refractivity contribution in [1.82, 2.24) is 0 Å². The molecule has 0 nitrogen and oxygen atoms in total. The smallest absolute Gasteiger partial charge is 0 e. The molecule has 0 aliphatic carbocycles. The molecule has 0 aromatic rings. The molecule has 4 heavy (non-hydrogen) atoms. The van der Waals surface area contributed by atoms with Gasteiger partial charge < -0.3 is 0 Å². The second kappa shape index (κ2) is 17.9. The Labute approximate surface area is 77.6 Å². The Morgan fingerprint density at radius 2 is 1.00 bits per heavy atom. The van der Waals surface area contributed by atoms with Crippen molar-refractivity contribution in [2.75, 3.05) is 0 Å². The van der Waals surface area contributed by atoms with Gasteiger partial charge in [0.05, 0.1) is 0 Å². The van der Waals surface area contributed by atoms with Crippen LogP contribution in [0.5, 0.6) is 0 Å². The van der Waals surface area contributed by atoms with Crippen molar-refractivity contribution >= 4 is 40.8 Å². The van der Waals surface area contributed by atoms with Crippen LogP contribution in [0.15, 0.2) is 0 Å². The first-order chi connectivity index (χ1) is 0. The minimum Gasteiger partial charge on any atom is -0.197 e. The molecule has 0 bridgehead atoms. The van der Waals surface area contributed by atoms with E-state index in [2.05, 4.69) is 0 Å². The fraction of sp³-hybridized carbons (Fsp3) is 0. The Bertz CT molecular complexity index is 8.00. The minimum atomic E-state index is 0. The second-order valence-corrected chi connectivity index (χ2v) is 0. The first-order valence-corrected chi connectivity index (χ1v) is 0. The zero-order chi connectivity index (χ0) is 0. The monoisotopic (exact) mass is 399 g/mol. The largest absolute Gasteiger partial charge is 0.197 e. The minimum absolute atomic E-state index is 0. The Balaban J connectivity index is 0. The molecular weight excluding hydrogens is 394 g/mol. The molecule has 0 fully saturated rings. The van der Waals surface area contributed by atoms with Crippen LogP contribution in [0.2, 0.25) is 0 Å². The molecule has 0 saturated carbocycles. The van der Waals surface area contributed by atoms with E-state index in [4.69, 9.17) is 0 Å². The van der Waals surface area contributed by atoms with Gasteiger partial charge in [0.1, 0.15) is 0 Å². The Morgan fingerprint density at radius 1 is 1.00 bits per heavy atom. The SMILES string of the molecule is S.[Co].[Mo].[Pb]. The third-order valence-electron chi connectivity index (χ3n) is 0. The van der Waals surface area contributed by atoms with Gasteiger partial charge in [0.25, 0.3) is 0 Å². The van der Waals surface area contributed by atoms with Crippen molar-refractivity contribution in [2.45, 2.75) is 0 Å². The average molecular weight is 396 g/mol. The van der Waals surface area contributed by atoms with Crippen LogP contribution in [0.3, 0.4) is 0 Å². The quantitative estimate of drug-likeness (QED) is 0.495. The molecule has 0 aromatic carbocycles. The average Bonchev–Trinajstić information content (AvgIpc) is 0. The molecule has 0 unspecified atom stereocenters. The van der Waals surface area contributed by atoms with Crippen molar-refractivity contribution in [3.05, 3.63) is 0 Å². The van der Waals surface area contributed by atoms with E-state index >= 15 is 0 Å². The molecule has 0 N–H and O–H groups in total. The van der Waals surface area contributed by atoms with E-state index in [0.717, 1.165) is 0 Å². The van der Waals surface area contributed by atoms with Crippen LogP contribution in [0, 0.1) is 0 Å². The van der Waals surface area contributed by atoms with Gasteiger partial charge in [0.15, 0.2) is 0 Å². The van der Waals surface area contributed by atoms with Gasteiger partial charge in [-0.3, -0.25) is 0 Å². The van der Waals surface area contributed by atoms with Crippen LogP contribution in [-0.2, 0) is 37.8 Å².